The van der Waals surface area contributed by atoms with Crippen molar-refractivity contribution in [3.05, 3.63) is 59.1 Å². The van der Waals surface area contributed by atoms with Crippen molar-refractivity contribution in [3.8, 4) is 0 Å². The van der Waals surface area contributed by atoms with Gasteiger partial charge in [-0.3, -0.25) is 5.32 Å². The molecule has 1 saturated heterocycles. The van der Waals surface area contributed by atoms with Crippen LogP contribution in [0.1, 0.15) is 35.6 Å². The number of anilines is 3. The highest BCUT2D eigenvalue weighted by Crippen LogP contribution is 2.30. The van der Waals surface area contributed by atoms with Crippen LogP contribution in [0, 0.1) is 6.92 Å². The summed E-state index contributed by atoms with van der Waals surface area (Å²) >= 11 is 1.40. The number of hydrogen-bond acceptors (Lipinski definition) is 7. The van der Waals surface area contributed by atoms with E-state index in [4.69, 9.17) is 4.42 Å². The number of rotatable bonds is 5. The Bertz CT molecular complexity index is 1210. The van der Waals surface area contributed by atoms with E-state index in [0.29, 0.717) is 28.7 Å². The number of hydrogen-bond donors (Lipinski definition) is 2. The van der Waals surface area contributed by atoms with E-state index in [1.807, 2.05) is 24.3 Å². The van der Waals surface area contributed by atoms with Crippen molar-refractivity contribution in [1.82, 2.24) is 15.0 Å². The second kappa shape index (κ2) is 8.96. The van der Waals surface area contributed by atoms with Gasteiger partial charge in [0.05, 0.1) is 17.8 Å². The van der Waals surface area contributed by atoms with E-state index in [1.165, 1.54) is 36.2 Å². The Morgan fingerprint density at radius 1 is 1.16 bits per heavy atom. The summed E-state index contributed by atoms with van der Waals surface area (Å²) in [7, 11) is 0. The molecule has 0 atom stereocenters. The smallest absolute Gasteiger partial charge is 0.325 e. The molecule has 4 aromatic rings. The predicted octanol–water partition coefficient (Wildman–Crippen LogP) is 5.21. The minimum absolute atomic E-state index is 0.306. The predicted molar refractivity (Wildman–Crippen MR) is 127 cm³/mol. The molecule has 9 heteroatoms. The summed E-state index contributed by atoms with van der Waals surface area (Å²) in [5, 5.41) is 6.37. The topological polar surface area (TPSA) is 96.2 Å². The zero-order valence-corrected chi connectivity index (χ0v) is 18.6. The molecule has 0 radical (unpaired) electrons. The van der Waals surface area contributed by atoms with Crippen LogP contribution in [0.15, 0.2) is 47.1 Å². The molecule has 0 saturated carbocycles. The van der Waals surface area contributed by atoms with E-state index in [0.717, 1.165) is 29.3 Å². The molecule has 164 valence electrons. The van der Waals surface area contributed by atoms with E-state index in [1.54, 1.807) is 12.4 Å². The summed E-state index contributed by atoms with van der Waals surface area (Å²) in [6, 6.07) is 9.46. The summed E-state index contributed by atoms with van der Waals surface area (Å²) in [4.78, 5) is 28.9. The fourth-order valence-corrected chi connectivity index (χ4v) is 4.68. The van der Waals surface area contributed by atoms with Crippen molar-refractivity contribution in [3.63, 3.8) is 0 Å². The number of benzene rings is 1. The number of oxazole rings is 1. The zero-order valence-electron chi connectivity index (χ0n) is 17.8. The average molecular weight is 449 g/mol. The van der Waals surface area contributed by atoms with Gasteiger partial charge in [0.15, 0.2) is 16.4 Å². The van der Waals surface area contributed by atoms with E-state index < -0.39 is 0 Å². The first-order chi connectivity index (χ1) is 15.6. The van der Waals surface area contributed by atoms with Gasteiger partial charge in [0.25, 0.3) is 0 Å². The summed E-state index contributed by atoms with van der Waals surface area (Å²) < 4.78 is 5.72. The van der Waals surface area contributed by atoms with Gasteiger partial charge in [0.1, 0.15) is 0 Å². The second-order valence-electron chi connectivity index (χ2n) is 7.89. The van der Waals surface area contributed by atoms with Crippen LogP contribution in [0.25, 0.3) is 11.2 Å². The standard InChI is InChI=1S/C23H24N6O2S/c1-15-7-8-17(18(12-15)29-10-3-2-4-11-29)26-22(30)28-23-25-14-16(32-23)13-20-27-21-19(31-20)6-5-9-24-21/h5-9,12,14H,2-4,10-11,13H2,1H3,(H2,25,26,28,30). The first-order valence-electron chi connectivity index (χ1n) is 10.7. The molecular weight excluding hydrogens is 424 g/mol. The molecular formula is C23H24N6O2S. The van der Waals surface area contributed by atoms with Crippen LogP contribution >= 0.6 is 11.3 Å². The molecule has 1 aromatic carbocycles. The number of aryl methyl sites for hydroxylation is 1. The van der Waals surface area contributed by atoms with Crippen LogP contribution in [0.3, 0.4) is 0 Å². The van der Waals surface area contributed by atoms with E-state index in [9.17, 15) is 4.79 Å². The number of amides is 2. The van der Waals surface area contributed by atoms with Crippen molar-refractivity contribution in [2.75, 3.05) is 28.6 Å². The highest BCUT2D eigenvalue weighted by Gasteiger charge is 2.17. The average Bonchev–Trinajstić information content (AvgIpc) is 3.41. The van der Waals surface area contributed by atoms with E-state index in [2.05, 4.69) is 43.5 Å². The van der Waals surface area contributed by atoms with Gasteiger partial charge in [-0.15, -0.1) is 11.3 Å². The Balaban J connectivity index is 1.25. The number of nitrogens with one attached hydrogen (secondary N) is 2. The lowest BCUT2D eigenvalue weighted by Crippen LogP contribution is -2.31. The largest absolute Gasteiger partial charge is 0.439 e. The third kappa shape index (κ3) is 4.57. The first-order valence-corrected chi connectivity index (χ1v) is 11.5. The van der Waals surface area contributed by atoms with Crippen molar-refractivity contribution in [2.45, 2.75) is 32.6 Å². The number of aromatic nitrogens is 3. The summed E-state index contributed by atoms with van der Waals surface area (Å²) in [5.41, 5.74) is 4.31. The highest BCUT2D eigenvalue weighted by atomic mass is 32.1. The van der Waals surface area contributed by atoms with Gasteiger partial charge in [0.2, 0.25) is 5.89 Å². The van der Waals surface area contributed by atoms with Crippen LogP contribution in [0.2, 0.25) is 0 Å². The number of carbonyl (C=O) groups excluding carboxylic acids is 1. The lowest BCUT2D eigenvalue weighted by Gasteiger charge is -2.30. The molecule has 0 unspecified atom stereocenters. The molecule has 1 aliphatic rings. The zero-order chi connectivity index (χ0) is 21.9. The molecule has 5 rings (SSSR count). The number of thiazole rings is 1. The maximum absolute atomic E-state index is 12.7. The molecule has 2 N–H and O–H groups in total. The number of urea groups is 1. The number of piperidine rings is 1. The summed E-state index contributed by atoms with van der Waals surface area (Å²) in [6.45, 7) is 4.10. The van der Waals surface area contributed by atoms with Crippen LogP contribution in [-0.4, -0.2) is 34.1 Å². The SMILES string of the molecule is Cc1ccc(NC(=O)Nc2ncc(Cc3nc4ncccc4o3)s2)c(N2CCCCC2)c1. The van der Waals surface area contributed by atoms with Crippen LogP contribution in [0.5, 0.6) is 0 Å². The molecule has 1 fully saturated rings. The molecule has 4 heterocycles. The Morgan fingerprint density at radius 3 is 2.88 bits per heavy atom. The molecule has 1 aliphatic heterocycles. The van der Waals surface area contributed by atoms with Crippen LogP contribution < -0.4 is 15.5 Å². The molecule has 3 aromatic heterocycles. The summed E-state index contributed by atoms with van der Waals surface area (Å²) in [5.74, 6) is 0.573. The van der Waals surface area contributed by atoms with Crippen LogP contribution in [-0.2, 0) is 6.42 Å². The third-order valence-corrected chi connectivity index (χ3v) is 6.32. The Hall–Kier alpha value is -3.46. The van der Waals surface area contributed by atoms with Crippen LogP contribution in [0.4, 0.5) is 21.3 Å². The molecule has 0 aliphatic carbocycles. The minimum atomic E-state index is -0.306. The van der Waals surface area contributed by atoms with E-state index >= 15 is 0 Å². The van der Waals surface area contributed by atoms with Crippen molar-refractivity contribution < 1.29 is 9.21 Å². The molecule has 2 amide bonds. The normalized spacial score (nSPS) is 14.0. The second-order valence-corrected chi connectivity index (χ2v) is 9.00. The lowest BCUT2D eigenvalue weighted by atomic mass is 10.1. The van der Waals surface area contributed by atoms with Gasteiger partial charge in [-0.2, -0.15) is 4.98 Å². The van der Waals surface area contributed by atoms with Crippen molar-refractivity contribution in [2.24, 2.45) is 0 Å². The maximum atomic E-state index is 12.7. The monoisotopic (exact) mass is 448 g/mol. The van der Waals surface area contributed by atoms with Crippen molar-refractivity contribution in [1.29, 1.82) is 0 Å². The Morgan fingerprint density at radius 2 is 2.03 bits per heavy atom. The fourth-order valence-electron chi connectivity index (χ4n) is 3.88. The number of fused-ring (bicyclic) bond motifs is 1. The minimum Gasteiger partial charge on any atom is -0.439 e. The van der Waals surface area contributed by atoms with Gasteiger partial charge in [-0.05, 0) is 56.0 Å². The molecule has 0 bridgehead atoms. The summed E-state index contributed by atoms with van der Waals surface area (Å²) in [6.07, 6.45) is 7.53. The third-order valence-electron chi connectivity index (χ3n) is 5.41. The Labute approximate surface area is 189 Å². The van der Waals surface area contributed by atoms with Crippen molar-refractivity contribution >= 4 is 45.1 Å². The van der Waals surface area contributed by atoms with Gasteiger partial charge in [0, 0.05) is 30.4 Å². The molecule has 0 spiro atoms. The van der Waals surface area contributed by atoms with E-state index in [-0.39, 0.29) is 6.03 Å². The maximum Gasteiger partial charge on any atom is 0.325 e. The Kier molecular flexibility index (Phi) is 5.72. The number of nitrogens with zero attached hydrogens (tertiary/aromatic N) is 4. The molecule has 8 nitrogen and oxygen atoms in total. The fraction of sp³-hybridized carbons (Fsp3) is 0.304. The highest BCUT2D eigenvalue weighted by molar-refractivity contribution is 7.15. The van der Waals surface area contributed by atoms with Gasteiger partial charge in [-0.25, -0.2) is 14.8 Å². The quantitative estimate of drug-likeness (QED) is 0.435. The number of pyridine rings is 1. The van der Waals surface area contributed by atoms with Gasteiger partial charge >= 0.3 is 6.03 Å². The number of carbonyl (C=O) groups is 1. The lowest BCUT2D eigenvalue weighted by molar-refractivity contribution is 0.262. The first kappa shape index (κ1) is 20.4. The van der Waals surface area contributed by atoms with Gasteiger partial charge in [-0.1, -0.05) is 6.07 Å². The molecule has 32 heavy (non-hydrogen) atoms. The van der Waals surface area contributed by atoms with Gasteiger partial charge < -0.3 is 14.6 Å².